The molecule has 3 heterocycles. The molecular weight excluding hydrogens is 425 g/mol. The van der Waals surface area contributed by atoms with Gasteiger partial charge in [-0.1, -0.05) is 19.1 Å². The number of piperidine rings is 1. The second-order valence-electron chi connectivity index (χ2n) is 8.20. The van der Waals surface area contributed by atoms with Crippen molar-refractivity contribution in [3.8, 4) is 5.75 Å². The van der Waals surface area contributed by atoms with E-state index in [-0.39, 0.29) is 23.6 Å². The number of hydrogen-bond acceptors (Lipinski definition) is 4. The van der Waals surface area contributed by atoms with Gasteiger partial charge in [0.05, 0.1) is 18.9 Å². The van der Waals surface area contributed by atoms with Crippen LogP contribution in [0.3, 0.4) is 0 Å². The van der Waals surface area contributed by atoms with Gasteiger partial charge in [-0.15, -0.1) is 13.2 Å². The Morgan fingerprint density at radius 2 is 1.84 bits per heavy atom. The van der Waals surface area contributed by atoms with Crippen LogP contribution in [0.25, 0.3) is 0 Å². The summed E-state index contributed by atoms with van der Waals surface area (Å²) >= 11 is 0. The lowest BCUT2D eigenvalue weighted by Crippen LogP contribution is -2.52. The molecule has 2 amide bonds. The number of carbonyl (C=O) groups is 1. The van der Waals surface area contributed by atoms with Gasteiger partial charge in [-0.2, -0.15) is 5.10 Å². The lowest BCUT2D eigenvalue weighted by Gasteiger charge is -2.40. The van der Waals surface area contributed by atoms with Crippen LogP contribution in [-0.2, 0) is 11.2 Å². The lowest BCUT2D eigenvalue weighted by atomic mass is 9.83. The van der Waals surface area contributed by atoms with Crippen LogP contribution in [-0.4, -0.2) is 71.8 Å². The molecule has 0 spiro atoms. The Balaban J connectivity index is 1.55. The number of nitrogens with zero attached hydrogens (tertiary/aromatic N) is 3. The maximum Gasteiger partial charge on any atom is 0.573 e. The minimum absolute atomic E-state index is 0.0274. The first kappa shape index (κ1) is 22.4. The number of likely N-dealkylation sites (tertiary alicyclic amines) is 1. The fourth-order valence-electron chi connectivity index (χ4n) is 4.38. The number of carbonyl (C=O) groups excluding carboxylic acids is 1. The minimum Gasteiger partial charge on any atom is -0.406 e. The number of benzene rings is 1. The summed E-state index contributed by atoms with van der Waals surface area (Å²) in [6.07, 6.45) is -3.14. The molecule has 0 radical (unpaired) electrons. The Labute approximate surface area is 184 Å². The number of aryl methyl sites for hydroxylation is 1. The van der Waals surface area contributed by atoms with Crippen molar-refractivity contribution in [3.05, 3.63) is 47.3 Å². The summed E-state index contributed by atoms with van der Waals surface area (Å²) in [5, 5.41) is 7.50. The molecule has 2 unspecified atom stereocenters. The first-order valence-corrected chi connectivity index (χ1v) is 10.8. The molecule has 2 aliphatic heterocycles. The number of urea groups is 1. The molecule has 2 aliphatic rings. The highest BCUT2D eigenvalue weighted by Crippen LogP contribution is 2.37. The molecule has 2 atom stereocenters. The number of amides is 2. The third-order valence-electron chi connectivity index (χ3n) is 6.04. The van der Waals surface area contributed by atoms with Crippen LogP contribution >= 0.6 is 0 Å². The maximum absolute atomic E-state index is 13.2. The molecule has 174 valence electrons. The standard InChI is InChI=1S/C22H27F3N4O3/c1-2-18-12-20(27-26-18)17-11-16(15-3-5-19(6-4-15)32-22(23,24)25)13-29(14-17)21(30)28-7-9-31-10-8-28/h3-6,12,16-17H,2,7-11,13-14H2,1H3,(H,26,27). The first-order chi connectivity index (χ1) is 15.3. The van der Waals surface area contributed by atoms with Crippen molar-refractivity contribution >= 4 is 6.03 Å². The molecule has 0 saturated carbocycles. The topological polar surface area (TPSA) is 70.7 Å². The number of ether oxygens (including phenoxy) is 2. The molecule has 4 rings (SSSR count). The second-order valence-corrected chi connectivity index (χ2v) is 8.20. The fourth-order valence-corrected chi connectivity index (χ4v) is 4.38. The van der Waals surface area contributed by atoms with Gasteiger partial charge in [0.25, 0.3) is 0 Å². The van der Waals surface area contributed by atoms with Gasteiger partial charge in [-0.3, -0.25) is 5.10 Å². The van der Waals surface area contributed by atoms with Gasteiger partial charge in [0.1, 0.15) is 5.75 Å². The summed E-state index contributed by atoms with van der Waals surface area (Å²) in [6, 6.07) is 7.94. The van der Waals surface area contributed by atoms with Gasteiger partial charge >= 0.3 is 12.4 Å². The Bertz CT molecular complexity index is 910. The molecule has 2 fully saturated rings. The monoisotopic (exact) mass is 452 g/mol. The van der Waals surface area contributed by atoms with Gasteiger partial charge in [-0.05, 0) is 36.6 Å². The number of halogens is 3. The van der Waals surface area contributed by atoms with Crippen molar-refractivity contribution < 1.29 is 27.4 Å². The van der Waals surface area contributed by atoms with Crippen molar-refractivity contribution in [2.24, 2.45) is 0 Å². The number of H-pyrrole nitrogens is 1. The summed E-state index contributed by atoms with van der Waals surface area (Å²) in [5.74, 6) is -0.253. The Morgan fingerprint density at radius 1 is 1.16 bits per heavy atom. The van der Waals surface area contributed by atoms with Crippen LogP contribution in [0.4, 0.5) is 18.0 Å². The number of nitrogens with one attached hydrogen (secondary N) is 1. The number of hydrogen-bond donors (Lipinski definition) is 1. The van der Waals surface area contributed by atoms with Crippen LogP contribution in [0, 0.1) is 0 Å². The molecule has 2 aromatic rings. The summed E-state index contributed by atoms with van der Waals surface area (Å²) in [4.78, 5) is 16.8. The van der Waals surface area contributed by atoms with Crippen molar-refractivity contribution in [2.75, 3.05) is 39.4 Å². The van der Waals surface area contributed by atoms with Gasteiger partial charge in [0, 0.05) is 43.7 Å². The van der Waals surface area contributed by atoms with E-state index in [1.165, 1.54) is 12.1 Å². The summed E-state index contributed by atoms with van der Waals surface area (Å²) in [7, 11) is 0. The number of morpholine rings is 1. The predicted molar refractivity (Wildman–Crippen MR) is 111 cm³/mol. The van der Waals surface area contributed by atoms with E-state index in [1.54, 1.807) is 17.0 Å². The second kappa shape index (κ2) is 9.40. The van der Waals surface area contributed by atoms with E-state index in [4.69, 9.17) is 4.74 Å². The average molecular weight is 452 g/mol. The summed E-state index contributed by atoms with van der Waals surface area (Å²) in [5.41, 5.74) is 2.81. The smallest absolute Gasteiger partial charge is 0.406 e. The Kier molecular flexibility index (Phi) is 6.59. The Hall–Kier alpha value is -2.75. The maximum atomic E-state index is 13.2. The highest BCUT2D eigenvalue weighted by atomic mass is 19.4. The van der Waals surface area contributed by atoms with Crippen LogP contribution in [0.15, 0.2) is 30.3 Å². The normalized spacial score (nSPS) is 22.1. The minimum atomic E-state index is -4.73. The molecular formula is C22H27F3N4O3. The van der Waals surface area contributed by atoms with Crippen LogP contribution < -0.4 is 4.74 Å². The average Bonchev–Trinajstić information content (AvgIpc) is 3.28. The third-order valence-corrected chi connectivity index (χ3v) is 6.04. The van der Waals surface area contributed by atoms with E-state index in [1.807, 2.05) is 17.9 Å². The third kappa shape index (κ3) is 5.35. The predicted octanol–water partition coefficient (Wildman–Crippen LogP) is 3.90. The van der Waals surface area contributed by atoms with Crippen molar-refractivity contribution in [3.63, 3.8) is 0 Å². The quantitative estimate of drug-likeness (QED) is 0.764. The molecule has 0 bridgehead atoms. The van der Waals surface area contributed by atoms with Crippen molar-refractivity contribution in [1.82, 2.24) is 20.0 Å². The van der Waals surface area contributed by atoms with Crippen LogP contribution in [0.1, 0.15) is 42.1 Å². The molecule has 1 aromatic carbocycles. The summed E-state index contributed by atoms with van der Waals surface area (Å²) in [6.45, 7) is 5.23. The highest BCUT2D eigenvalue weighted by Gasteiger charge is 2.35. The van der Waals surface area contributed by atoms with Gasteiger partial charge < -0.3 is 19.3 Å². The summed E-state index contributed by atoms with van der Waals surface area (Å²) < 4.78 is 46.8. The number of rotatable bonds is 4. The molecule has 1 N–H and O–H groups in total. The molecule has 7 nitrogen and oxygen atoms in total. The fraction of sp³-hybridized carbons (Fsp3) is 0.545. The number of aromatic nitrogens is 2. The van der Waals surface area contributed by atoms with Gasteiger partial charge in [0.15, 0.2) is 0 Å². The van der Waals surface area contributed by atoms with Crippen molar-refractivity contribution in [2.45, 2.75) is 38.0 Å². The van der Waals surface area contributed by atoms with E-state index < -0.39 is 6.36 Å². The van der Waals surface area contributed by atoms with Gasteiger partial charge in [-0.25, -0.2) is 4.79 Å². The zero-order valence-corrected chi connectivity index (χ0v) is 17.9. The zero-order valence-electron chi connectivity index (χ0n) is 17.9. The van der Waals surface area contributed by atoms with E-state index in [0.29, 0.717) is 39.4 Å². The van der Waals surface area contributed by atoms with Crippen LogP contribution in [0.2, 0.25) is 0 Å². The largest absolute Gasteiger partial charge is 0.573 e. The first-order valence-electron chi connectivity index (χ1n) is 10.8. The molecule has 32 heavy (non-hydrogen) atoms. The molecule has 10 heteroatoms. The number of alkyl halides is 3. The SMILES string of the molecule is CCc1cc(C2CC(c3ccc(OC(F)(F)F)cc3)CN(C(=O)N3CCOCC3)C2)n[nH]1. The van der Waals surface area contributed by atoms with E-state index >= 15 is 0 Å². The molecule has 2 saturated heterocycles. The van der Waals surface area contributed by atoms with Crippen LogP contribution in [0.5, 0.6) is 5.75 Å². The number of aromatic amines is 1. The lowest BCUT2D eigenvalue weighted by molar-refractivity contribution is -0.274. The van der Waals surface area contributed by atoms with Crippen molar-refractivity contribution in [1.29, 1.82) is 0 Å². The van der Waals surface area contributed by atoms with E-state index in [0.717, 1.165) is 29.8 Å². The highest BCUT2D eigenvalue weighted by molar-refractivity contribution is 5.75. The van der Waals surface area contributed by atoms with E-state index in [2.05, 4.69) is 14.9 Å². The van der Waals surface area contributed by atoms with Gasteiger partial charge in [0.2, 0.25) is 0 Å². The Morgan fingerprint density at radius 3 is 2.47 bits per heavy atom. The molecule has 0 aliphatic carbocycles. The zero-order chi connectivity index (χ0) is 22.7. The molecule has 1 aromatic heterocycles. The van der Waals surface area contributed by atoms with E-state index in [9.17, 15) is 18.0 Å².